The van der Waals surface area contributed by atoms with Crippen LogP contribution in [0.2, 0.25) is 0 Å². The van der Waals surface area contributed by atoms with Crippen LogP contribution in [0.3, 0.4) is 0 Å². The molecule has 1 rings (SSSR count). The first kappa shape index (κ1) is 17.9. The number of hydrogen-bond acceptors (Lipinski definition) is 4. The number of amides is 1. The Morgan fingerprint density at radius 2 is 2.00 bits per heavy atom. The molecule has 0 saturated carbocycles. The topological polar surface area (TPSA) is 81.5 Å². The van der Waals surface area contributed by atoms with Crippen molar-refractivity contribution >= 4 is 11.8 Å². The maximum Gasteiger partial charge on any atom is 0.407 e. The summed E-state index contributed by atoms with van der Waals surface area (Å²) in [5.41, 5.74) is 1.06. The molecule has 1 aromatic carbocycles. The van der Waals surface area contributed by atoms with Gasteiger partial charge in [-0.05, 0) is 38.7 Å². The van der Waals surface area contributed by atoms with E-state index in [0.29, 0.717) is 12.0 Å². The molecule has 1 N–H and O–H groups in total. The molecule has 0 aromatic heterocycles. The van der Waals surface area contributed by atoms with Crippen molar-refractivity contribution in [2.45, 2.75) is 52.6 Å². The van der Waals surface area contributed by atoms with Crippen LogP contribution in [0.4, 0.5) is 10.5 Å². The highest BCUT2D eigenvalue weighted by atomic mass is 16.6. The second-order valence-electron chi connectivity index (χ2n) is 6.48. The van der Waals surface area contributed by atoms with E-state index >= 15 is 0 Å². The molecule has 6 heteroatoms. The Morgan fingerprint density at radius 3 is 2.50 bits per heavy atom. The van der Waals surface area contributed by atoms with Gasteiger partial charge in [0, 0.05) is 18.2 Å². The van der Waals surface area contributed by atoms with E-state index in [0.717, 1.165) is 5.56 Å². The summed E-state index contributed by atoms with van der Waals surface area (Å²) in [6.45, 7) is 9.61. The monoisotopic (exact) mass is 308 g/mol. The second-order valence-corrected chi connectivity index (χ2v) is 6.48. The van der Waals surface area contributed by atoms with Crippen LogP contribution in [0.1, 0.15) is 51.7 Å². The lowest BCUT2D eigenvalue weighted by Gasteiger charge is -2.19. The van der Waals surface area contributed by atoms with E-state index in [1.165, 1.54) is 0 Å². The predicted octanol–water partition coefficient (Wildman–Crippen LogP) is 3.79. The number of ether oxygens (including phenoxy) is 1. The summed E-state index contributed by atoms with van der Waals surface area (Å²) in [4.78, 5) is 22.3. The summed E-state index contributed by atoms with van der Waals surface area (Å²) in [5.74, 6) is 0.229. The van der Waals surface area contributed by atoms with Crippen molar-refractivity contribution in [3.63, 3.8) is 0 Å². The quantitative estimate of drug-likeness (QED) is 0.663. The van der Waals surface area contributed by atoms with Crippen molar-refractivity contribution in [2.24, 2.45) is 0 Å². The molecule has 0 unspecified atom stereocenters. The molecule has 0 aliphatic rings. The van der Waals surface area contributed by atoms with Crippen LogP contribution in [-0.2, 0) is 11.2 Å². The van der Waals surface area contributed by atoms with Crippen LogP contribution in [-0.4, -0.2) is 23.2 Å². The van der Waals surface area contributed by atoms with Gasteiger partial charge in [-0.25, -0.2) is 4.79 Å². The molecule has 0 heterocycles. The molecule has 6 nitrogen and oxygen atoms in total. The Kier molecular flexibility index (Phi) is 5.91. The molecule has 0 radical (unpaired) electrons. The van der Waals surface area contributed by atoms with E-state index in [4.69, 9.17) is 4.74 Å². The normalized spacial score (nSPS) is 11.4. The van der Waals surface area contributed by atoms with Crippen molar-refractivity contribution in [3.05, 3.63) is 39.4 Å². The van der Waals surface area contributed by atoms with Crippen molar-refractivity contribution in [2.75, 3.05) is 6.54 Å². The number of rotatable bonds is 5. The molecular weight excluding hydrogens is 284 g/mol. The number of carbonyl (C=O) groups excluding carboxylic acids is 1. The minimum atomic E-state index is -0.561. The summed E-state index contributed by atoms with van der Waals surface area (Å²) >= 11 is 0. The van der Waals surface area contributed by atoms with E-state index in [1.54, 1.807) is 32.9 Å². The van der Waals surface area contributed by atoms with Gasteiger partial charge in [0.1, 0.15) is 5.60 Å². The Hall–Kier alpha value is -2.11. The van der Waals surface area contributed by atoms with E-state index in [-0.39, 0.29) is 23.1 Å². The fourth-order valence-corrected chi connectivity index (χ4v) is 1.93. The van der Waals surface area contributed by atoms with Gasteiger partial charge in [-0.1, -0.05) is 26.0 Å². The summed E-state index contributed by atoms with van der Waals surface area (Å²) < 4.78 is 5.12. The molecule has 0 aliphatic heterocycles. The number of nitro benzene ring substituents is 1. The SMILES string of the molecule is CC(C)c1ccc(CCNC(=O)OC(C)(C)C)c([N+](=O)[O-])c1. The van der Waals surface area contributed by atoms with Crippen molar-refractivity contribution < 1.29 is 14.5 Å². The Bertz CT molecular complexity index is 548. The van der Waals surface area contributed by atoms with Crippen LogP contribution in [0, 0.1) is 10.1 Å². The molecule has 0 saturated heterocycles. The van der Waals surface area contributed by atoms with Crippen LogP contribution in [0.5, 0.6) is 0 Å². The number of carbonyl (C=O) groups is 1. The van der Waals surface area contributed by atoms with E-state index < -0.39 is 11.7 Å². The average Bonchev–Trinajstić information content (AvgIpc) is 2.36. The highest BCUT2D eigenvalue weighted by Crippen LogP contribution is 2.25. The van der Waals surface area contributed by atoms with Crippen LogP contribution in [0.25, 0.3) is 0 Å². The third-order valence-electron chi connectivity index (χ3n) is 3.04. The van der Waals surface area contributed by atoms with Crippen molar-refractivity contribution in [1.82, 2.24) is 5.32 Å². The zero-order valence-electron chi connectivity index (χ0n) is 13.8. The van der Waals surface area contributed by atoms with Gasteiger partial charge in [0.05, 0.1) is 4.92 Å². The predicted molar refractivity (Wildman–Crippen MR) is 85.1 cm³/mol. The third-order valence-corrected chi connectivity index (χ3v) is 3.04. The molecule has 1 amide bonds. The highest BCUT2D eigenvalue weighted by Gasteiger charge is 2.18. The molecule has 0 spiro atoms. The lowest BCUT2D eigenvalue weighted by Crippen LogP contribution is -2.33. The third kappa shape index (κ3) is 5.71. The van der Waals surface area contributed by atoms with Crippen LogP contribution in [0.15, 0.2) is 18.2 Å². The molecule has 1 aromatic rings. The van der Waals surface area contributed by atoms with Crippen LogP contribution >= 0.6 is 0 Å². The van der Waals surface area contributed by atoms with Gasteiger partial charge < -0.3 is 10.1 Å². The molecule has 0 aliphatic carbocycles. The van der Waals surface area contributed by atoms with Gasteiger partial charge in [0.15, 0.2) is 0 Å². The molecule has 0 bridgehead atoms. The summed E-state index contributed by atoms with van der Waals surface area (Å²) in [6, 6.07) is 5.25. The highest BCUT2D eigenvalue weighted by molar-refractivity contribution is 5.67. The van der Waals surface area contributed by atoms with Crippen molar-refractivity contribution in [1.29, 1.82) is 0 Å². The summed E-state index contributed by atoms with van der Waals surface area (Å²) in [7, 11) is 0. The smallest absolute Gasteiger partial charge is 0.407 e. The molecule has 0 atom stereocenters. The zero-order valence-corrected chi connectivity index (χ0v) is 13.8. The van der Waals surface area contributed by atoms with E-state index in [2.05, 4.69) is 5.32 Å². The lowest BCUT2D eigenvalue weighted by atomic mass is 9.99. The minimum absolute atomic E-state index is 0.0946. The van der Waals surface area contributed by atoms with E-state index in [1.807, 2.05) is 19.9 Å². The Labute approximate surface area is 131 Å². The zero-order chi connectivity index (χ0) is 16.9. The fraction of sp³-hybridized carbons (Fsp3) is 0.562. The minimum Gasteiger partial charge on any atom is -0.444 e. The maximum absolute atomic E-state index is 11.5. The second kappa shape index (κ2) is 7.24. The number of alkyl carbamates (subject to hydrolysis) is 1. The Balaban J connectivity index is 2.70. The van der Waals surface area contributed by atoms with Gasteiger partial charge in [0.2, 0.25) is 0 Å². The standard InChI is InChI=1S/C16H24N2O4/c1-11(2)13-7-6-12(14(10-13)18(20)21)8-9-17-15(19)22-16(3,4)5/h6-7,10-11H,8-9H2,1-5H3,(H,17,19). The maximum atomic E-state index is 11.5. The first-order valence-electron chi connectivity index (χ1n) is 7.34. The molecule has 122 valence electrons. The Morgan fingerprint density at radius 1 is 1.36 bits per heavy atom. The van der Waals surface area contributed by atoms with Crippen molar-refractivity contribution in [3.8, 4) is 0 Å². The van der Waals surface area contributed by atoms with Gasteiger partial charge in [0.25, 0.3) is 5.69 Å². The molecule has 22 heavy (non-hydrogen) atoms. The van der Waals surface area contributed by atoms with Gasteiger partial charge in [-0.2, -0.15) is 0 Å². The van der Waals surface area contributed by atoms with Gasteiger partial charge >= 0.3 is 6.09 Å². The number of benzene rings is 1. The number of hydrogen-bond donors (Lipinski definition) is 1. The molecular formula is C16H24N2O4. The first-order chi connectivity index (χ1) is 10.1. The number of nitrogens with zero attached hydrogens (tertiary/aromatic N) is 1. The number of nitro groups is 1. The van der Waals surface area contributed by atoms with Gasteiger partial charge in [-0.3, -0.25) is 10.1 Å². The number of nitrogens with one attached hydrogen (secondary N) is 1. The summed E-state index contributed by atoms with van der Waals surface area (Å²) in [5, 5.41) is 13.8. The summed E-state index contributed by atoms with van der Waals surface area (Å²) in [6.07, 6.45) is -0.137. The van der Waals surface area contributed by atoms with Gasteiger partial charge in [-0.15, -0.1) is 0 Å². The average molecular weight is 308 g/mol. The largest absolute Gasteiger partial charge is 0.444 e. The van der Waals surface area contributed by atoms with E-state index in [9.17, 15) is 14.9 Å². The fourth-order valence-electron chi connectivity index (χ4n) is 1.93. The van der Waals surface area contributed by atoms with Crippen LogP contribution < -0.4 is 5.32 Å². The lowest BCUT2D eigenvalue weighted by molar-refractivity contribution is -0.385. The molecule has 0 fully saturated rings. The first-order valence-corrected chi connectivity index (χ1v) is 7.34.